The lowest BCUT2D eigenvalue weighted by Crippen LogP contribution is -2.32. The van der Waals surface area contributed by atoms with Gasteiger partial charge in [0.15, 0.2) is 0 Å². The molecular weight excluding hydrogens is 273 g/mol. The monoisotopic (exact) mass is 285 g/mol. The van der Waals surface area contributed by atoms with E-state index in [2.05, 4.69) is 0 Å². The molecule has 0 aliphatic heterocycles. The summed E-state index contributed by atoms with van der Waals surface area (Å²) >= 11 is 5.57. The SMILES string of the molecule is CC(C)N(CCC#N)c1cc(F)c(Cl)cc1[N+](=O)[O-]. The van der Waals surface area contributed by atoms with E-state index < -0.39 is 10.7 Å². The summed E-state index contributed by atoms with van der Waals surface area (Å²) in [6.07, 6.45) is 0.194. The molecule has 0 N–H and O–H groups in total. The Balaban J connectivity index is 3.32. The maximum absolute atomic E-state index is 13.5. The molecule has 1 aromatic carbocycles. The van der Waals surface area contributed by atoms with Crippen molar-refractivity contribution in [3.63, 3.8) is 0 Å². The van der Waals surface area contributed by atoms with Crippen molar-refractivity contribution in [3.8, 4) is 6.07 Å². The second kappa shape index (κ2) is 6.34. The highest BCUT2D eigenvalue weighted by atomic mass is 35.5. The van der Waals surface area contributed by atoms with E-state index in [1.165, 1.54) is 0 Å². The van der Waals surface area contributed by atoms with E-state index in [9.17, 15) is 14.5 Å². The highest BCUT2D eigenvalue weighted by molar-refractivity contribution is 6.31. The highest BCUT2D eigenvalue weighted by Gasteiger charge is 2.24. The Labute approximate surface area is 115 Å². The average molecular weight is 286 g/mol. The van der Waals surface area contributed by atoms with Crippen molar-refractivity contribution in [2.24, 2.45) is 0 Å². The Kier molecular flexibility index (Phi) is 5.07. The van der Waals surface area contributed by atoms with Gasteiger partial charge in [-0.05, 0) is 13.8 Å². The third-order valence-electron chi connectivity index (χ3n) is 2.61. The Morgan fingerprint density at radius 3 is 2.68 bits per heavy atom. The maximum Gasteiger partial charge on any atom is 0.294 e. The van der Waals surface area contributed by atoms with Crippen LogP contribution < -0.4 is 4.90 Å². The molecule has 1 aromatic rings. The second-order valence-electron chi connectivity index (χ2n) is 4.21. The van der Waals surface area contributed by atoms with Crippen molar-refractivity contribution in [3.05, 3.63) is 33.1 Å². The van der Waals surface area contributed by atoms with Crippen LogP contribution in [0.3, 0.4) is 0 Å². The molecule has 1 rings (SSSR count). The van der Waals surface area contributed by atoms with Crippen LogP contribution in [-0.4, -0.2) is 17.5 Å². The first-order chi connectivity index (χ1) is 8.88. The van der Waals surface area contributed by atoms with Gasteiger partial charge < -0.3 is 4.90 Å². The summed E-state index contributed by atoms with van der Waals surface area (Å²) < 4.78 is 13.5. The molecule has 0 amide bonds. The van der Waals surface area contributed by atoms with Gasteiger partial charge in [-0.15, -0.1) is 0 Å². The lowest BCUT2D eigenvalue weighted by molar-refractivity contribution is -0.384. The van der Waals surface area contributed by atoms with Crippen LogP contribution >= 0.6 is 11.6 Å². The van der Waals surface area contributed by atoms with Gasteiger partial charge in [0.2, 0.25) is 0 Å². The predicted molar refractivity (Wildman–Crippen MR) is 70.8 cm³/mol. The van der Waals surface area contributed by atoms with Crippen molar-refractivity contribution < 1.29 is 9.31 Å². The van der Waals surface area contributed by atoms with E-state index in [1.807, 2.05) is 19.9 Å². The fraction of sp³-hybridized carbons (Fsp3) is 0.417. The minimum absolute atomic E-state index is 0.104. The summed E-state index contributed by atoms with van der Waals surface area (Å²) in [6.45, 7) is 3.91. The van der Waals surface area contributed by atoms with E-state index in [-0.39, 0.29) is 35.4 Å². The zero-order chi connectivity index (χ0) is 14.6. The summed E-state index contributed by atoms with van der Waals surface area (Å²) in [5.41, 5.74) is -0.129. The minimum Gasteiger partial charge on any atom is -0.362 e. The predicted octanol–water partition coefficient (Wildman–Crippen LogP) is 3.52. The molecule has 0 bridgehead atoms. The van der Waals surface area contributed by atoms with Crippen molar-refractivity contribution >= 4 is 23.0 Å². The molecule has 0 aliphatic carbocycles. The molecule has 0 atom stereocenters. The zero-order valence-corrected chi connectivity index (χ0v) is 11.3. The van der Waals surface area contributed by atoms with Crippen molar-refractivity contribution in [1.29, 1.82) is 5.26 Å². The molecule has 7 heteroatoms. The number of nitro benzene ring substituents is 1. The Morgan fingerprint density at radius 1 is 1.58 bits per heavy atom. The largest absolute Gasteiger partial charge is 0.362 e. The van der Waals surface area contributed by atoms with Gasteiger partial charge in [-0.2, -0.15) is 5.26 Å². The molecule has 0 radical (unpaired) electrons. The number of rotatable bonds is 5. The first-order valence-electron chi connectivity index (χ1n) is 5.65. The number of anilines is 1. The van der Waals surface area contributed by atoms with Crippen LogP contribution in [0.25, 0.3) is 0 Å². The summed E-state index contributed by atoms with van der Waals surface area (Å²) in [5.74, 6) is -0.718. The normalized spacial score (nSPS) is 10.3. The van der Waals surface area contributed by atoms with Gasteiger partial charge in [0.05, 0.1) is 22.4 Å². The number of halogens is 2. The van der Waals surface area contributed by atoms with Crippen LogP contribution in [0.4, 0.5) is 15.8 Å². The number of hydrogen-bond acceptors (Lipinski definition) is 4. The molecular formula is C12H13ClFN3O2. The molecule has 0 saturated heterocycles. The standard InChI is InChI=1S/C12H13ClFN3O2/c1-8(2)16(5-3-4-15)11-7-10(14)9(13)6-12(11)17(18)19/h6-8H,3,5H2,1-2H3. The van der Waals surface area contributed by atoms with Gasteiger partial charge in [0.25, 0.3) is 5.69 Å². The maximum atomic E-state index is 13.5. The number of nitro groups is 1. The molecule has 102 valence electrons. The second-order valence-corrected chi connectivity index (χ2v) is 4.61. The van der Waals surface area contributed by atoms with E-state index in [4.69, 9.17) is 16.9 Å². The fourth-order valence-electron chi connectivity index (χ4n) is 1.73. The van der Waals surface area contributed by atoms with Gasteiger partial charge in [-0.25, -0.2) is 4.39 Å². The minimum atomic E-state index is -0.718. The molecule has 0 saturated carbocycles. The van der Waals surface area contributed by atoms with Crippen LogP contribution in [0.15, 0.2) is 12.1 Å². The van der Waals surface area contributed by atoms with Crippen molar-refractivity contribution in [1.82, 2.24) is 0 Å². The topological polar surface area (TPSA) is 70.2 Å². The van der Waals surface area contributed by atoms with Gasteiger partial charge in [-0.1, -0.05) is 11.6 Å². The van der Waals surface area contributed by atoms with Gasteiger partial charge in [0, 0.05) is 24.7 Å². The summed E-state index contributed by atoms with van der Waals surface area (Å²) in [6, 6.07) is 3.90. The summed E-state index contributed by atoms with van der Waals surface area (Å²) in [7, 11) is 0. The lowest BCUT2D eigenvalue weighted by Gasteiger charge is -2.27. The molecule has 0 aromatic heterocycles. The van der Waals surface area contributed by atoms with Crippen molar-refractivity contribution in [2.45, 2.75) is 26.3 Å². The molecule has 0 heterocycles. The molecule has 19 heavy (non-hydrogen) atoms. The van der Waals surface area contributed by atoms with Crippen LogP contribution in [0.1, 0.15) is 20.3 Å². The molecule has 5 nitrogen and oxygen atoms in total. The third-order valence-corrected chi connectivity index (χ3v) is 2.90. The fourth-order valence-corrected chi connectivity index (χ4v) is 1.89. The number of nitriles is 1. The first kappa shape index (κ1) is 15.2. The Hall–Kier alpha value is -1.87. The van der Waals surface area contributed by atoms with E-state index in [0.29, 0.717) is 0 Å². The van der Waals surface area contributed by atoms with Gasteiger partial charge in [0.1, 0.15) is 11.5 Å². The zero-order valence-electron chi connectivity index (χ0n) is 10.6. The third kappa shape index (κ3) is 3.55. The van der Waals surface area contributed by atoms with Crippen LogP contribution in [0, 0.1) is 27.3 Å². The highest BCUT2D eigenvalue weighted by Crippen LogP contribution is 2.34. The van der Waals surface area contributed by atoms with E-state index in [1.54, 1.807) is 4.90 Å². The molecule has 0 aliphatic rings. The van der Waals surface area contributed by atoms with Gasteiger partial charge in [-0.3, -0.25) is 10.1 Å². The smallest absolute Gasteiger partial charge is 0.294 e. The lowest BCUT2D eigenvalue weighted by atomic mass is 10.2. The number of hydrogen-bond donors (Lipinski definition) is 0. The number of nitrogens with zero attached hydrogens (tertiary/aromatic N) is 3. The van der Waals surface area contributed by atoms with E-state index in [0.717, 1.165) is 12.1 Å². The first-order valence-corrected chi connectivity index (χ1v) is 6.03. The van der Waals surface area contributed by atoms with Gasteiger partial charge >= 0.3 is 0 Å². The Bertz CT molecular complexity index is 528. The Morgan fingerprint density at radius 2 is 2.21 bits per heavy atom. The van der Waals surface area contributed by atoms with E-state index >= 15 is 0 Å². The molecule has 0 fully saturated rings. The van der Waals surface area contributed by atoms with Crippen LogP contribution in [0.2, 0.25) is 5.02 Å². The van der Waals surface area contributed by atoms with Crippen LogP contribution in [0.5, 0.6) is 0 Å². The molecule has 0 spiro atoms. The summed E-state index contributed by atoms with van der Waals surface area (Å²) in [5, 5.41) is 19.3. The van der Waals surface area contributed by atoms with Crippen molar-refractivity contribution in [2.75, 3.05) is 11.4 Å². The molecule has 0 unspecified atom stereocenters. The summed E-state index contributed by atoms with van der Waals surface area (Å²) in [4.78, 5) is 12.0. The average Bonchev–Trinajstić information content (AvgIpc) is 2.32. The number of benzene rings is 1. The van der Waals surface area contributed by atoms with Crippen LogP contribution in [-0.2, 0) is 0 Å². The quantitative estimate of drug-likeness (QED) is 0.613.